The van der Waals surface area contributed by atoms with Gasteiger partial charge in [0, 0.05) is 5.56 Å². The van der Waals surface area contributed by atoms with Crippen LogP contribution >= 0.6 is 0 Å². The number of hydrogen-bond donors (Lipinski definition) is 4. The average Bonchev–Trinajstić information content (AvgIpc) is 2.40. The third kappa shape index (κ3) is 3.11. The highest BCUT2D eigenvalue weighted by Crippen LogP contribution is 2.23. The van der Waals surface area contributed by atoms with Crippen LogP contribution < -0.4 is 5.32 Å². The minimum atomic E-state index is -1.26. The second kappa shape index (κ2) is 5.54. The molecule has 0 aliphatic rings. The predicted octanol–water partition coefficient (Wildman–Crippen LogP) is 2.36. The van der Waals surface area contributed by atoms with Crippen LogP contribution in [0, 0.1) is 6.92 Å². The number of aromatic hydroxyl groups is 2. The van der Waals surface area contributed by atoms with Crippen molar-refractivity contribution in [1.29, 1.82) is 0 Å². The molecule has 0 unspecified atom stereocenters. The number of phenols is 2. The van der Waals surface area contributed by atoms with E-state index in [9.17, 15) is 19.8 Å². The van der Waals surface area contributed by atoms with Crippen LogP contribution in [0.25, 0.3) is 0 Å². The normalized spacial score (nSPS) is 10.1. The van der Waals surface area contributed by atoms with Gasteiger partial charge in [-0.2, -0.15) is 0 Å². The fraction of sp³-hybridized carbons (Fsp3) is 0.0667. The Balaban J connectivity index is 2.34. The monoisotopic (exact) mass is 287 g/mol. The molecule has 1 amide bonds. The van der Waals surface area contributed by atoms with Crippen LogP contribution in [0.3, 0.4) is 0 Å². The topological polar surface area (TPSA) is 107 Å². The summed E-state index contributed by atoms with van der Waals surface area (Å²) in [5, 5.41) is 30.2. The van der Waals surface area contributed by atoms with Gasteiger partial charge < -0.3 is 20.6 Å². The van der Waals surface area contributed by atoms with Gasteiger partial charge in [-0.15, -0.1) is 0 Å². The number of nitrogens with one attached hydrogen (secondary N) is 1. The molecule has 0 heterocycles. The second-order valence-corrected chi connectivity index (χ2v) is 4.49. The largest absolute Gasteiger partial charge is 0.508 e. The van der Waals surface area contributed by atoms with Crippen molar-refractivity contribution in [1.82, 2.24) is 0 Å². The third-order valence-electron chi connectivity index (χ3n) is 2.94. The zero-order valence-corrected chi connectivity index (χ0v) is 11.1. The van der Waals surface area contributed by atoms with Gasteiger partial charge in [0.1, 0.15) is 11.5 Å². The molecule has 6 nitrogen and oxygen atoms in total. The molecule has 0 saturated carbocycles. The number of aromatic carboxylic acids is 1. The Bertz CT molecular complexity index is 724. The average molecular weight is 287 g/mol. The van der Waals surface area contributed by atoms with Crippen molar-refractivity contribution in [3.8, 4) is 11.5 Å². The van der Waals surface area contributed by atoms with Gasteiger partial charge in [0.2, 0.25) is 0 Å². The highest BCUT2D eigenvalue weighted by atomic mass is 16.4. The molecule has 2 rings (SSSR count). The molecule has 0 spiro atoms. The summed E-state index contributed by atoms with van der Waals surface area (Å²) in [6.45, 7) is 1.66. The highest BCUT2D eigenvalue weighted by molar-refractivity contribution is 6.08. The predicted molar refractivity (Wildman–Crippen MR) is 75.9 cm³/mol. The van der Waals surface area contributed by atoms with Crippen LogP contribution in [0.15, 0.2) is 36.4 Å². The Morgan fingerprint density at radius 3 is 2.19 bits per heavy atom. The molecule has 0 aromatic heterocycles. The lowest BCUT2D eigenvalue weighted by molar-refractivity contribution is 0.0697. The molecule has 2 aromatic rings. The van der Waals surface area contributed by atoms with E-state index in [1.807, 2.05) is 0 Å². The van der Waals surface area contributed by atoms with E-state index in [-0.39, 0.29) is 22.7 Å². The van der Waals surface area contributed by atoms with Crippen LogP contribution in [0.5, 0.6) is 11.5 Å². The Hall–Kier alpha value is -3.02. The zero-order chi connectivity index (χ0) is 15.6. The van der Waals surface area contributed by atoms with Gasteiger partial charge in [-0.3, -0.25) is 4.79 Å². The maximum Gasteiger partial charge on any atom is 0.337 e. The summed E-state index contributed by atoms with van der Waals surface area (Å²) in [4.78, 5) is 23.3. The van der Waals surface area contributed by atoms with Gasteiger partial charge in [-0.1, -0.05) is 0 Å². The van der Waals surface area contributed by atoms with E-state index >= 15 is 0 Å². The smallest absolute Gasteiger partial charge is 0.337 e. The maximum atomic E-state index is 12.2. The number of carbonyl (C=O) groups excluding carboxylic acids is 1. The summed E-state index contributed by atoms with van der Waals surface area (Å²) in [6, 6.07) is 7.90. The number of carboxylic acid groups (broad SMARTS) is 1. The van der Waals surface area contributed by atoms with Crippen molar-refractivity contribution in [2.45, 2.75) is 6.92 Å². The molecule has 0 aliphatic carbocycles. The van der Waals surface area contributed by atoms with Gasteiger partial charge in [0.05, 0.1) is 11.3 Å². The molecule has 0 saturated heterocycles. The van der Waals surface area contributed by atoms with Crippen LogP contribution in [-0.4, -0.2) is 27.2 Å². The van der Waals surface area contributed by atoms with E-state index in [4.69, 9.17) is 5.11 Å². The second-order valence-electron chi connectivity index (χ2n) is 4.49. The molecule has 0 aliphatic heterocycles. The molecule has 108 valence electrons. The van der Waals surface area contributed by atoms with Crippen molar-refractivity contribution < 1.29 is 24.9 Å². The van der Waals surface area contributed by atoms with E-state index in [1.54, 1.807) is 6.92 Å². The molecule has 21 heavy (non-hydrogen) atoms. The van der Waals surface area contributed by atoms with E-state index in [2.05, 4.69) is 5.32 Å². The van der Waals surface area contributed by atoms with Crippen LogP contribution in [0.2, 0.25) is 0 Å². The number of carboxylic acids is 1. The van der Waals surface area contributed by atoms with E-state index in [1.165, 1.54) is 30.3 Å². The first-order chi connectivity index (χ1) is 9.88. The molecule has 0 radical (unpaired) electrons. The van der Waals surface area contributed by atoms with Crippen molar-refractivity contribution in [3.63, 3.8) is 0 Å². The van der Waals surface area contributed by atoms with Crippen LogP contribution in [0.1, 0.15) is 26.3 Å². The number of benzene rings is 2. The van der Waals surface area contributed by atoms with Crippen molar-refractivity contribution in [3.05, 3.63) is 53.1 Å². The Morgan fingerprint density at radius 1 is 0.952 bits per heavy atom. The first-order valence-corrected chi connectivity index (χ1v) is 6.06. The van der Waals surface area contributed by atoms with Crippen molar-refractivity contribution in [2.24, 2.45) is 0 Å². The fourth-order valence-electron chi connectivity index (χ4n) is 1.91. The number of carbonyl (C=O) groups is 2. The molecule has 4 N–H and O–H groups in total. The molecule has 2 aromatic carbocycles. The summed E-state index contributed by atoms with van der Waals surface area (Å²) >= 11 is 0. The lowest BCUT2D eigenvalue weighted by Crippen LogP contribution is -2.15. The number of rotatable bonds is 3. The molecule has 6 heteroatoms. The number of hydrogen-bond acceptors (Lipinski definition) is 4. The summed E-state index contributed by atoms with van der Waals surface area (Å²) in [7, 11) is 0. The number of amides is 1. The quantitative estimate of drug-likeness (QED) is 0.648. The molecule has 0 fully saturated rings. The Kier molecular flexibility index (Phi) is 3.80. The van der Waals surface area contributed by atoms with Gasteiger partial charge >= 0.3 is 5.97 Å². The zero-order valence-electron chi connectivity index (χ0n) is 11.1. The van der Waals surface area contributed by atoms with Crippen molar-refractivity contribution in [2.75, 3.05) is 5.32 Å². The summed E-state index contributed by atoms with van der Waals surface area (Å²) in [5.74, 6) is -1.92. The van der Waals surface area contributed by atoms with Gasteiger partial charge in [-0.05, 0) is 48.9 Å². The van der Waals surface area contributed by atoms with E-state index < -0.39 is 11.9 Å². The number of aryl methyl sites for hydroxylation is 1. The lowest BCUT2D eigenvalue weighted by Gasteiger charge is -2.10. The minimum Gasteiger partial charge on any atom is -0.508 e. The SMILES string of the molecule is Cc1cc(O)ccc1C(=O)Nc1ccc(O)cc1C(=O)O. The van der Waals surface area contributed by atoms with Crippen LogP contribution in [0.4, 0.5) is 5.69 Å². The molecular weight excluding hydrogens is 274 g/mol. The molecule has 0 bridgehead atoms. The van der Waals surface area contributed by atoms with Crippen LogP contribution in [-0.2, 0) is 0 Å². The van der Waals surface area contributed by atoms with Gasteiger partial charge in [-0.25, -0.2) is 4.79 Å². The van der Waals surface area contributed by atoms with Gasteiger partial charge in [0.15, 0.2) is 0 Å². The number of phenolic OH excluding ortho intramolecular Hbond substituents is 2. The third-order valence-corrected chi connectivity index (χ3v) is 2.94. The summed E-state index contributed by atoms with van der Waals surface area (Å²) in [6.07, 6.45) is 0. The van der Waals surface area contributed by atoms with Crippen molar-refractivity contribution >= 4 is 17.6 Å². The molecular formula is C15H13NO5. The first kappa shape index (κ1) is 14.4. The van der Waals surface area contributed by atoms with E-state index in [0.29, 0.717) is 11.1 Å². The summed E-state index contributed by atoms with van der Waals surface area (Å²) in [5.41, 5.74) is 0.748. The fourth-order valence-corrected chi connectivity index (χ4v) is 1.91. The highest BCUT2D eigenvalue weighted by Gasteiger charge is 2.15. The molecule has 0 atom stereocenters. The Morgan fingerprint density at radius 2 is 1.57 bits per heavy atom. The van der Waals surface area contributed by atoms with Gasteiger partial charge in [0.25, 0.3) is 5.91 Å². The standard InChI is InChI=1S/C15H13NO5/c1-8-6-9(17)2-4-11(8)14(19)16-13-5-3-10(18)7-12(13)15(20)21/h2-7,17-18H,1H3,(H,16,19)(H,20,21). The Labute approximate surface area is 120 Å². The maximum absolute atomic E-state index is 12.2. The summed E-state index contributed by atoms with van der Waals surface area (Å²) < 4.78 is 0. The lowest BCUT2D eigenvalue weighted by atomic mass is 10.1. The van der Waals surface area contributed by atoms with E-state index in [0.717, 1.165) is 6.07 Å². The first-order valence-electron chi connectivity index (χ1n) is 6.06. The minimum absolute atomic E-state index is 0.0416. The number of anilines is 1.